The van der Waals surface area contributed by atoms with Crippen LogP contribution in [0, 0.1) is 6.92 Å². The van der Waals surface area contributed by atoms with Gasteiger partial charge in [0.1, 0.15) is 0 Å². The molecule has 1 fully saturated rings. The van der Waals surface area contributed by atoms with E-state index < -0.39 is 0 Å². The lowest BCUT2D eigenvalue weighted by Gasteiger charge is -2.16. The molecule has 0 aromatic heterocycles. The summed E-state index contributed by atoms with van der Waals surface area (Å²) in [6.07, 6.45) is 1.13. The number of carbonyl (C=O) groups is 1. The molecule has 3 heteroatoms. The van der Waals surface area contributed by atoms with Crippen LogP contribution in [0.4, 0.5) is 0 Å². The van der Waals surface area contributed by atoms with E-state index in [0.29, 0.717) is 19.0 Å². The third kappa shape index (κ3) is 4.20. The van der Waals surface area contributed by atoms with Crippen LogP contribution in [0.1, 0.15) is 29.0 Å². The number of benzene rings is 2. The minimum absolute atomic E-state index is 0.113. The summed E-state index contributed by atoms with van der Waals surface area (Å²) < 4.78 is 0. The molecule has 1 aliphatic rings. The Morgan fingerprint density at radius 1 is 1.13 bits per heavy atom. The van der Waals surface area contributed by atoms with E-state index in [0.717, 1.165) is 19.5 Å². The molecular formula is C20H24N2O. The van der Waals surface area contributed by atoms with E-state index in [2.05, 4.69) is 59.6 Å². The largest absolute Gasteiger partial charge is 0.351 e. The molecule has 1 aliphatic heterocycles. The predicted octanol–water partition coefficient (Wildman–Crippen LogP) is 3.10. The molecule has 3 nitrogen and oxygen atoms in total. The van der Waals surface area contributed by atoms with Crippen LogP contribution in [-0.4, -0.2) is 30.4 Å². The Hall–Kier alpha value is -2.13. The zero-order valence-electron chi connectivity index (χ0n) is 13.7. The number of hydrogen-bond donors (Lipinski definition) is 1. The van der Waals surface area contributed by atoms with Gasteiger partial charge in [-0.3, -0.25) is 9.69 Å². The molecule has 1 amide bonds. The second-order valence-corrected chi connectivity index (χ2v) is 6.33. The van der Waals surface area contributed by atoms with E-state index in [1.807, 2.05) is 12.1 Å². The van der Waals surface area contributed by atoms with Gasteiger partial charge in [0.15, 0.2) is 0 Å². The van der Waals surface area contributed by atoms with Crippen molar-refractivity contribution in [3.63, 3.8) is 0 Å². The SMILES string of the molecule is Cc1ccccc1CNC(=O)CN1CC[C@H](c2ccccc2)C1. The average Bonchev–Trinajstić information content (AvgIpc) is 3.03. The predicted molar refractivity (Wildman–Crippen MR) is 93.3 cm³/mol. The number of amides is 1. The molecule has 0 radical (unpaired) electrons. The molecule has 0 spiro atoms. The quantitative estimate of drug-likeness (QED) is 0.920. The molecule has 0 unspecified atom stereocenters. The van der Waals surface area contributed by atoms with E-state index in [-0.39, 0.29) is 5.91 Å². The maximum Gasteiger partial charge on any atom is 0.234 e. The standard InChI is InChI=1S/C20H24N2O/c1-16-7-5-6-10-18(16)13-21-20(23)15-22-12-11-19(14-22)17-8-3-2-4-9-17/h2-10,19H,11-15H2,1H3,(H,21,23)/t19-/m0/s1. The monoisotopic (exact) mass is 308 g/mol. The van der Waals surface area contributed by atoms with Crippen LogP contribution in [0.25, 0.3) is 0 Å². The number of likely N-dealkylation sites (tertiary alicyclic amines) is 1. The third-order valence-electron chi connectivity index (χ3n) is 4.65. The molecule has 0 aliphatic carbocycles. The fourth-order valence-electron chi connectivity index (χ4n) is 3.23. The number of nitrogens with one attached hydrogen (secondary N) is 1. The van der Waals surface area contributed by atoms with Crippen LogP contribution < -0.4 is 5.32 Å². The molecule has 1 heterocycles. The molecular weight excluding hydrogens is 284 g/mol. The molecule has 3 rings (SSSR count). The van der Waals surface area contributed by atoms with E-state index in [1.54, 1.807) is 0 Å². The van der Waals surface area contributed by atoms with Gasteiger partial charge in [0.25, 0.3) is 0 Å². The Morgan fingerprint density at radius 2 is 1.87 bits per heavy atom. The first-order chi connectivity index (χ1) is 11.2. The Morgan fingerprint density at radius 3 is 2.65 bits per heavy atom. The number of nitrogens with zero attached hydrogens (tertiary/aromatic N) is 1. The molecule has 23 heavy (non-hydrogen) atoms. The van der Waals surface area contributed by atoms with Crippen LogP contribution in [0.3, 0.4) is 0 Å². The molecule has 0 saturated carbocycles. The van der Waals surface area contributed by atoms with Crippen molar-refractivity contribution in [2.45, 2.75) is 25.8 Å². The van der Waals surface area contributed by atoms with Crippen molar-refractivity contribution in [3.8, 4) is 0 Å². The lowest BCUT2D eigenvalue weighted by Crippen LogP contribution is -2.35. The lowest BCUT2D eigenvalue weighted by molar-refractivity contribution is -0.122. The van der Waals surface area contributed by atoms with Crippen LogP contribution in [0.2, 0.25) is 0 Å². The average molecular weight is 308 g/mol. The summed E-state index contributed by atoms with van der Waals surface area (Å²) in [6, 6.07) is 18.8. The smallest absolute Gasteiger partial charge is 0.234 e. The van der Waals surface area contributed by atoms with Gasteiger partial charge in [-0.15, -0.1) is 0 Å². The Kier molecular flexibility index (Phi) is 5.09. The molecule has 0 bridgehead atoms. The summed E-state index contributed by atoms with van der Waals surface area (Å²) in [6.45, 7) is 5.15. The van der Waals surface area contributed by atoms with E-state index in [4.69, 9.17) is 0 Å². The van der Waals surface area contributed by atoms with Crippen LogP contribution >= 0.6 is 0 Å². The van der Waals surface area contributed by atoms with E-state index in [1.165, 1.54) is 16.7 Å². The first kappa shape index (κ1) is 15.8. The summed E-state index contributed by atoms with van der Waals surface area (Å²) in [7, 11) is 0. The Labute approximate surface area is 138 Å². The topological polar surface area (TPSA) is 32.3 Å². The minimum atomic E-state index is 0.113. The number of carbonyl (C=O) groups excluding carboxylic acids is 1. The zero-order chi connectivity index (χ0) is 16.1. The van der Waals surface area contributed by atoms with Crippen LogP contribution in [0.5, 0.6) is 0 Å². The first-order valence-corrected chi connectivity index (χ1v) is 8.31. The molecule has 1 saturated heterocycles. The van der Waals surface area contributed by atoms with Gasteiger partial charge in [0, 0.05) is 13.1 Å². The van der Waals surface area contributed by atoms with Gasteiger partial charge < -0.3 is 5.32 Å². The van der Waals surface area contributed by atoms with Crippen molar-refractivity contribution >= 4 is 5.91 Å². The van der Waals surface area contributed by atoms with Gasteiger partial charge in [0.2, 0.25) is 5.91 Å². The van der Waals surface area contributed by atoms with Crippen molar-refractivity contribution < 1.29 is 4.79 Å². The Balaban J connectivity index is 1.47. The fraction of sp³-hybridized carbons (Fsp3) is 0.350. The summed E-state index contributed by atoms with van der Waals surface area (Å²) in [5, 5.41) is 3.04. The molecule has 1 N–H and O–H groups in total. The van der Waals surface area contributed by atoms with Gasteiger partial charge in [-0.2, -0.15) is 0 Å². The molecule has 120 valence electrons. The maximum atomic E-state index is 12.2. The van der Waals surface area contributed by atoms with E-state index in [9.17, 15) is 4.79 Å². The maximum absolute atomic E-state index is 12.2. The van der Waals surface area contributed by atoms with Crippen molar-refractivity contribution in [2.24, 2.45) is 0 Å². The summed E-state index contributed by atoms with van der Waals surface area (Å²) in [4.78, 5) is 14.4. The number of hydrogen-bond acceptors (Lipinski definition) is 2. The third-order valence-corrected chi connectivity index (χ3v) is 4.65. The van der Waals surface area contributed by atoms with E-state index >= 15 is 0 Å². The van der Waals surface area contributed by atoms with Crippen molar-refractivity contribution in [1.82, 2.24) is 10.2 Å². The second kappa shape index (κ2) is 7.42. The van der Waals surface area contributed by atoms with Gasteiger partial charge in [-0.1, -0.05) is 54.6 Å². The number of aryl methyl sites for hydroxylation is 1. The minimum Gasteiger partial charge on any atom is -0.351 e. The number of rotatable bonds is 5. The molecule has 2 aromatic carbocycles. The Bertz CT molecular complexity index is 654. The highest BCUT2D eigenvalue weighted by Crippen LogP contribution is 2.26. The van der Waals surface area contributed by atoms with Crippen LogP contribution in [-0.2, 0) is 11.3 Å². The van der Waals surface area contributed by atoms with Crippen molar-refractivity contribution in [3.05, 3.63) is 71.3 Å². The highest BCUT2D eigenvalue weighted by molar-refractivity contribution is 5.78. The van der Waals surface area contributed by atoms with Crippen LogP contribution in [0.15, 0.2) is 54.6 Å². The van der Waals surface area contributed by atoms with Gasteiger partial charge in [-0.25, -0.2) is 0 Å². The summed E-state index contributed by atoms with van der Waals surface area (Å²) >= 11 is 0. The second-order valence-electron chi connectivity index (χ2n) is 6.33. The van der Waals surface area contributed by atoms with Crippen molar-refractivity contribution in [1.29, 1.82) is 0 Å². The molecule has 1 atom stereocenters. The van der Waals surface area contributed by atoms with Gasteiger partial charge in [0.05, 0.1) is 6.54 Å². The zero-order valence-corrected chi connectivity index (χ0v) is 13.7. The van der Waals surface area contributed by atoms with Crippen molar-refractivity contribution in [2.75, 3.05) is 19.6 Å². The highest BCUT2D eigenvalue weighted by atomic mass is 16.2. The highest BCUT2D eigenvalue weighted by Gasteiger charge is 2.24. The molecule has 2 aromatic rings. The fourth-order valence-corrected chi connectivity index (χ4v) is 3.23. The van der Waals surface area contributed by atoms with Gasteiger partial charge >= 0.3 is 0 Å². The van der Waals surface area contributed by atoms with Gasteiger partial charge in [-0.05, 0) is 42.5 Å². The normalized spacial score (nSPS) is 18.0. The summed E-state index contributed by atoms with van der Waals surface area (Å²) in [5.41, 5.74) is 3.79. The lowest BCUT2D eigenvalue weighted by atomic mass is 9.99. The summed E-state index contributed by atoms with van der Waals surface area (Å²) in [5.74, 6) is 0.669. The first-order valence-electron chi connectivity index (χ1n) is 8.31.